The Morgan fingerprint density at radius 3 is 2.42 bits per heavy atom. The number of carbonyl (C=O) groups excluding carboxylic acids is 2. The van der Waals surface area contributed by atoms with Gasteiger partial charge in [-0.15, -0.1) is 0 Å². The van der Waals surface area contributed by atoms with Crippen molar-refractivity contribution in [2.75, 3.05) is 7.11 Å². The van der Waals surface area contributed by atoms with Crippen LogP contribution in [0.2, 0.25) is 0 Å². The molecule has 1 unspecified atom stereocenters. The second-order valence-electron chi connectivity index (χ2n) is 6.95. The Balaban J connectivity index is 1.71. The summed E-state index contributed by atoms with van der Waals surface area (Å²) in [5.74, 6) is 0.349. The van der Waals surface area contributed by atoms with Crippen molar-refractivity contribution in [2.24, 2.45) is 5.73 Å². The highest BCUT2D eigenvalue weighted by Gasteiger charge is 2.41. The molecule has 2 aromatic carbocycles. The predicted octanol–water partition coefficient (Wildman–Crippen LogP) is 3.01. The topological polar surface area (TPSA) is 93.4 Å². The van der Waals surface area contributed by atoms with Gasteiger partial charge in [0.15, 0.2) is 0 Å². The van der Waals surface area contributed by atoms with Gasteiger partial charge in [-0.2, -0.15) is 0 Å². The van der Waals surface area contributed by atoms with Gasteiger partial charge in [0.1, 0.15) is 11.3 Å². The van der Waals surface area contributed by atoms with Crippen LogP contribution in [0.1, 0.15) is 44.2 Å². The first kappa shape index (κ1) is 18.0. The van der Waals surface area contributed by atoms with Crippen LogP contribution in [-0.4, -0.2) is 24.6 Å². The highest BCUT2D eigenvalue weighted by Crippen LogP contribution is 2.29. The number of primary amides is 1. The number of methoxy groups -OCH3 is 1. The van der Waals surface area contributed by atoms with Crippen LogP contribution in [0.25, 0.3) is 10.8 Å². The quantitative estimate of drug-likeness (QED) is 0.769. The molecule has 138 valence electrons. The predicted molar refractivity (Wildman–Crippen MR) is 101 cm³/mol. The fourth-order valence-electron chi connectivity index (χ4n) is 3.58. The first-order chi connectivity index (χ1) is 12.4. The van der Waals surface area contributed by atoms with Gasteiger partial charge in [-0.1, -0.05) is 31.0 Å². The summed E-state index contributed by atoms with van der Waals surface area (Å²) in [7, 11) is 1.64. The smallest absolute Gasteiger partial charge is 0.316 e. The molecule has 1 atom stereocenters. The van der Waals surface area contributed by atoms with Gasteiger partial charge in [-0.25, -0.2) is 4.79 Å². The lowest BCUT2D eigenvalue weighted by atomic mass is 9.97. The summed E-state index contributed by atoms with van der Waals surface area (Å²) in [6, 6.07) is 11.3. The zero-order valence-electron chi connectivity index (χ0n) is 15.2. The van der Waals surface area contributed by atoms with Crippen molar-refractivity contribution in [2.45, 2.75) is 44.2 Å². The molecule has 0 bridgehead atoms. The van der Waals surface area contributed by atoms with Gasteiger partial charge in [0.2, 0.25) is 5.91 Å². The Bertz CT molecular complexity index is 828. The molecular weight excluding hydrogens is 330 g/mol. The Hall–Kier alpha value is -2.76. The number of benzene rings is 2. The molecule has 6 heteroatoms. The monoisotopic (exact) mass is 355 g/mol. The van der Waals surface area contributed by atoms with E-state index in [1.54, 1.807) is 7.11 Å². The Kier molecular flexibility index (Phi) is 5.02. The molecule has 0 heterocycles. The van der Waals surface area contributed by atoms with Crippen LogP contribution >= 0.6 is 0 Å². The van der Waals surface area contributed by atoms with Crippen LogP contribution in [-0.2, 0) is 4.79 Å². The third-order valence-electron chi connectivity index (χ3n) is 5.20. The van der Waals surface area contributed by atoms with Gasteiger partial charge in [0.25, 0.3) is 0 Å². The minimum absolute atomic E-state index is 0.201. The molecule has 0 radical (unpaired) electrons. The third-order valence-corrected chi connectivity index (χ3v) is 5.20. The van der Waals surface area contributed by atoms with Crippen molar-refractivity contribution in [1.29, 1.82) is 0 Å². The van der Waals surface area contributed by atoms with E-state index in [-0.39, 0.29) is 12.1 Å². The Morgan fingerprint density at radius 1 is 1.12 bits per heavy atom. The summed E-state index contributed by atoms with van der Waals surface area (Å²) < 4.78 is 5.24. The molecule has 0 aliphatic heterocycles. The fraction of sp³-hybridized carbons (Fsp3) is 0.400. The van der Waals surface area contributed by atoms with E-state index in [9.17, 15) is 9.59 Å². The second kappa shape index (κ2) is 7.23. The zero-order chi connectivity index (χ0) is 18.7. The molecule has 2 aromatic rings. The van der Waals surface area contributed by atoms with Crippen LogP contribution in [0.5, 0.6) is 5.75 Å². The molecule has 26 heavy (non-hydrogen) atoms. The number of ether oxygens (including phenoxy) is 1. The van der Waals surface area contributed by atoms with E-state index < -0.39 is 11.4 Å². The molecule has 1 aliphatic rings. The zero-order valence-corrected chi connectivity index (χ0v) is 15.2. The van der Waals surface area contributed by atoms with Crippen LogP contribution < -0.4 is 21.1 Å². The molecule has 6 nitrogen and oxygen atoms in total. The van der Waals surface area contributed by atoms with Crippen LogP contribution in [0, 0.1) is 0 Å². The lowest BCUT2D eigenvalue weighted by molar-refractivity contribution is -0.123. The fourth-order valence-corrected chi connectivity index (χ4v) is 3.58. The lowest BCUT2D eigenvalue weighted by Gasteiger charge is -2.27. The molecule has 1 fully saturated rings. The van der Waals surface area contributed by atoms with E-state index >= 15 is 0 Å². The molecule has 3 amide bonds. The van der Waals surface area contributed by atoms with E-state index in [0.717, 1.165) is 34.9 Å². The number of urea groups is 1. The van der Waals surface area contributed by atoms with E-state index in [1.165, 1.54) is 0 Å². The molecule has 0 spiro atoms. The highest BCUT2D eigenvalue weighted by molar-refractivity contribution is 5.90. The van der Waals surface area contributed by atoms with Gasteiger partial charge >= 0.3 is 6.03 Å². The first-order valence-electron chi connectivity index (χ1n) is 8.90. The molecule has 4 N–H and O–H groups in total. The average Bonchev–Trinajstić information content (AvgIpc) is 3.10. The van der Waals surface area contributed by atoms with Gasteiger partial charge in [0.05, 0.1) is 13.2 Å². The number of carbonyl (C=O) groups is 2. The Labute approximate surface area is 153 Å². The third kappa shape index (κ3) is 3.59. The maximum absolute atomic E-state index is 12.4. The largest absolute Gasteiger partial charge is 0.497 e. The SMILES string of the molecule is COc1ccc2cc(C(C)NC(=O)NC3(C(N)=O)CCCC3)ccc2c1. The number of amides is 3. The number of fused-ring (bicyclic) bond motifs is 1. The molecule has 1 aliphatic carbocycles. The summed E-state index contributed by atoms with van der Waals surface area (Å²) in [6.07, 6.45) is 2.99. The van der Waals surface area contributed by atoms with E-state index in [0.29, 0.717) is 12.8 Å². The molecule has 3 rings (SSSR count). The number of rotatable bonds is 5. The van der Waals surface area contributed by atoms with Gasteiger partial charge in [0, 0.05) is 0 Å². The van der Waals surface area contributed by atoms with Crippen molar-refractivity contribution >= 4 is 22.7 Å². The van der Waals surface area contributed by atoms with Crippen LogP contribution in [0.15, 0.2) is 36.4 Å². The number of hydrogen-bond acceptors (Lipinski definition) is 3. The minimum Gasteiger partial charge on any atom is -0.497 e. The second-order valence-corrected chi connectivity index (χ2v) is 6.95. The standard InChI is InChI=1S/C20H25N3O3/c1-13(22-19(25)23-20(18(21)24)9-3-4-10-20)14-5-6-16-12-17(26-2)8-7-15(16)11-14/h5-8,11-13H,3-4,9-10H2,1-2H3,(H2,21,24)(H2,22,23,25). The molecule has 1 saturated carbocycles. The number of nitrogens with one attached hydrogen (secondary N) is 2. The first-order valence-corrected chi connectivity index (χ1v) is 8.90. The molecule has 0 aromatic heterocycles. The van der Waals surface area contributed by atoms with Gasteiger partial charge in [-0.3, -0.25) is 4.79 Å². The summed E-state index contributed by atoms with van der Waals surface area (Å²) in [5.41, 5.74) is 5.59. The summed E-state index contributed by atoms with van der Waals surface area (Å²) in [5, 5.41) is 7.85. The Morgan fingerprint density at radius 2 is 1.77 bits per heavy atom. The van der Waals surface area contributed by atoms with Gasteiger partial charge < -0.3 is 21.1 Å². The maximum Gasteiger partial charge on any atom is 0.316 e. The minimum atomic E-state index is -0.913. The summed E-state index contributed by atoms with van der Waals surface area (Å²) in [4.78, 5) is 24.2. The van der Waals surface area contributed by atoms with Crippen LogP contribution in [0.4, 0.5) is 4.79 Å². The van der Waals surface area contributed by atoms with Crippen molar-refractivity contribution in [3.05, 3.63) is 42.0 Å². The van der Waals surface area contributed by atoms with Crippen molar-refractivity contribution in [1.82, 2.24) is 10.6 Å². The summed E-state index contributed by atoms with van der Waals surface area (Å²) in [6.45, 7) is 1.91. The maximum atomic E-state index is 12.4. The summed E-state index contributed by atoms with van der Waals surface area (Å²) >= 11 is 0. The number of nitrogens with two attached hydrogens (primary N) is 1. The lowest BCUT2D eigenvalue weighted by Crippen LogP contribution is -2.58. The molecular formula is C20H25N3O3. The van der Waals surface area contributed by atoms with E-state index in [1.807, 2.05) is 43.3 Å². The molecule has 0 saturated heterocycles. The highest BCUT2D eigenvalue weighted by atomic mass is 16.5. The van der Waals surface area contributed by atoms with Gasteiger partial charge in [-0.05, 0) is 54.3 Å². The van der Waals surface area contributed by atoms with Crippen molar-refractivity contribution in [3.63, 3.8) is 0 Å². The normalized spacial score (nSPS) is 16.8. The number of hydrogen-bond donors (Lipinski definition) is 3. The van der Waals surface area contributed by atoms with Crippen molar-refractivity contribution in [3.8, 4) is 5.75 Å². The average molecular weight is 355 g/mol. The van der Waals surface area contributed by atoms with Crippen molar-refractivity contribution < 1.29 is 14.3 Å². The van der Waals surface area contributed by atoms with E-state index in [4.69, 9.17) is 10.5 Å². The van der Waals surface area contributed by atoms with Crippen LogP contribution in [0.3, 0.4) is 0 Å². The van der Waals surface area contributed by atoms with E-state index in [2.05, 4.69) is 10.6 Å².